The quantitative estimate of drug-likeness (QED) is 0.507. The molecule has 0 saturated heterocycles. The zero-order valence-electron chi connectivity index (χ0n) is 9.99. The van der Waals surface area contributed by atoms with Crippen LogP contribution in [0, 0.1) is 10.1 Å². The second kappa shape index (κ2) is 5.57. The molecule has 8 nitrogen and oxygen atoms in total. The molecule has 0 bridgehead atoms. The maximum Gasteiger partial charge on any atom is 0.273 e. The number of nitrogens with one attached hydrogen (secondary N) is 1. The van der Waals surface area contributed by atoms with E-state index < -0.39 is 10.8 Å². The molecule has 1 aromatic heterocycles. The lowest BCUT2D eigenvalue weighted by molar-refractivity contribution is -0.384. The number of phenols is 1. The van der Waals surface area contributed by atoms with Crippen LogP contribution in [0.15, 0.2) is 30.6 Å². The lowest BCUT2D eigenvalue weighted by Gasteiger charge is -2.07. The predicted molar refractivity (Wildman–Crippen MR) is 70.6 cm³/mol. The van der Waals surface area contributed by atoms with Crippen LogP contribution in [0.1, 0.15) is 0 Å². The number of aromatic nitrogens is 2. The fourth-order valence-corrected chi connectivity index (χ4v) is 1.66. The number of non-ortho nitro benzene ring substituents is 1. The molecule has 104 valence electrons. The van der Waals surface area contributed by atoms with Gasteiger partial charge in [-0.05, 0) is 6.07 Å². The van der Waals surface area contributed by atoms with E-state index in [1.54, 1.807) is 0 Å². The van der Waals surface area contributed by atoms with Crippen molar-refractivity contribution in [3.05, 3.63) is 45.7 Å². The summed E-state index contributed by atoms with van der Waals surface area (Å²) in [5.74, 6) is -0.833. The zero-order valence-corrected chi connectivity index (χ0v) is 10.7. The van der Waals surface area contributed by atoms with Crippen LogP contribution < -0.4 is 5.32 Å². The molecule has 0 atom stereocenters. The molecule has 0 unspecified atom stereocenters. The Bertz CT molecular complexity index is 670. The van der Waals surface area contributed by atoms with Crippen molar-refractivity contribution in [2.75, 3.05) is 5.32 Å². The minimum atomic E-state index is -0.642. The number of amides is 1. The highest BCUT2D eigenvalue weighted by Crippen LogP contribution is 2.27. The molecule has 1 aromatic carbocycles. The predicted octanol–water partition coefficient (Wildman–Crippen LogP) is 1.79. The van der Waals surface area contributed by atoms with E-state index in [1.165, 1.54) is 29.2 Å². The molecule has 0 saturated carbocycles. The van der Waals surface area contributed by atoms with E-state index in [2.05, 4.69) is 10.4 Å². The Hall–Kier alpha value is -2.61. The Morgan fingerprint density at radius 3 is 2.85 bits per heavy atom. The normalized spacial score (nSPS) is 10.2. The van der Waals surface area contributed by atoms with Crippen molar-refractivity contribution in [3.8, 4) is 5.75 Å². The summed E-state index contributed by atoms with van der Waals surface area (Å²) in [5.41, 5.74) is -0.182. The van der Waals surface area contributed by atoms with Gasteiger partial charge >= 0.3 is 0 Å². The third-order valence-electron chi connectivity index (χ3n) is 2.37. The van der Waals surface area contributed by atoms with Gasteiger partial charge in [0, 0.05) is 12.3 Å². The van der Waals surface area contributed by atoms with E-state index in [0.29, 0.717) is 5.02 Å². The molecule has 0 spiro atoms. The number of benzene rings is 1. The average molecular weight is 297 g/mol. The van der Waals surface area contributed by atoms with Crippen LogP contribution in [0.25, 0.3) is 0 Å². The van der Waals surface area contributed by atoms with Gasteiger partial charge in [0.1, 0.15) is 12.3 Å². The topological polar surface area (TPSA) is 110 Å². The first-order valence-corrected chi connectivity index (χ1v) is 5.78. The first-order valence-electron chi connectivity index (χ1n) is 5.41. The molecule has 0 aliphatic carbocycles. The van der Waals surface area contributed by atoms with Crippen molar-refractivity contribution in [1.82, 2.24) is 9.78 Å². The minimum Gasteiger partial charge on any atom is -0.506 e. The molecule has 9 heteroatoms. The van der Waals surface area contributed by atoms with Crippen molar-refractivity contribution in [3.63, 3.8) is 0 Å². The summed E-state index contributed by atoms with van der Waals surface area (Å²) in [7, 11) is 0. The van der Waals surface area contributed by atoms with E-state index >= 15 is 0 Å². The molecular weight excluding hydrogens is 288 g/mol. The van der Waals surface area contributed by atoms with Crippen molar-refractivity contribution < 1.29 is 14.8 Å². The summed E-state index contributed by atoms with van der Waals surface area (Å²) in [6.45, 7) is -0.0941. The monoisotopic (exact) mass is 296 g/mol. The summed E-state index contributed by atoms with van der Waals surface area (Å²) >= 11 is 5.66. The van der Waals surface area contributed by atoms with Gasteiger partial charge in [0.2, 0.25) is 5.91 Å². The number of nitro groups is 1. The third kappa shape index (κ3) is 3.23. The van der Waals surface area contributed by atoms with Gasteiger partial charge in [-0.25, -0.2) is 0 Å². The number of nitro benzene ring substituents is 1. The Kier molecular flexibility index (Phi) is 3.85. The van der Waals surface area contributed by atoms with Crippen molar-refractivity contribution >= 4 is 28.9 Å². The molecule has 1 amide bonds. The summed E-state index contributed by atoms with van der Waals surface area (Å²) in [4.78, 5) is 21.6. The molecule has 2 rings (SSSR count). The van der Waals surface area contributed by atoms with Gasteiger partial charge in [0.25, 0.3) is 5.69 Å². The second-order valence-corrected chi connectivity index (χ2v) is 4.30. The van der Waals surface area contributed by atoms with Crippen molar-refractivity contribution in [2.24, 2.45) is 0 Å². The maximum atomic E-state index is 11.7. The molecular formula is C11H9ClN4O4. The number of anilines is 1. The van der Waals surface area contributed by atoms with E-state index in [-0.39, 0.29) is 23.7 Å². The SMILES string of the molecule is O=C(Cn1cc(Cl)cn1)Nc1ccc([N+](=O)[O-])cc1O. The van der Waals surface area contributed by atoms with E-state index in [4.69, 9.17) is 11.6 Å². The fraction of sp³-hybridized carbons (Fsp3) is 0.0909. The molecule has 20 heavy (non-hydrogen) atoms. The number of halogens is 1. The summed E-state index contributed by atoms with van der Waals surface area (Å²) in [6.07, 6.45) is 2.86. The van der Waals surface area contributed by atoms with Gasteiger partial charge in [-0.2, -0.15) is 5.10 Å². The Balaban J connectivity index is 2.06. The largest absolute Gasteiger partial charge is 0.506 e. The zero-order chi connectivity index (χ0) is 14.7. The second-order valence-electron chi connectivity index (χ2n) is 3.86. The number of aromatic hydroxyl groups is 1. The van der Waals surface area contributed by atoms with Gasteiger partial charge in [0.05, 0.1) is 27.9 Å². The Morgan fingerprint density at radius 2 is 2.30 bits per heavy atom. The number of carbonyl (C=O) groups excluding carboxylic acids is 1. The maximum absolute atomic E-state index is 11.7. The lowest BCUT2D eigenvalue weighted by atomic mass is 10.2. The van der Waals surface area contributed by atoms with Crippen LogP contribution in [0.4, 0.5) is 11.4 Å². The first-order chi connectivity index (χ1) is 9.45. The number of nitrogens with zero attached hydrogens (tertiary/aromatic N) is 3. The number of phenolic OH excluding ortho intramolecular Hbond substituents is 1. The van der Waals surface area contributed by atoms with Gasteiger partial charge in [0.15, 0.2) is 0 Å². The van der Waals surface area contributed by atoms with Gasteiger partial charge in [-0.3, -0.25) is 19.6 Å². The van der Waals surface area contributed by atoms with E-state index in [9.17, 15) is 20.0 Å². The smallest absolute Gasteiger partial charge is 0.273 e. The average Bonchev–Trinajstić information content (AvgIpc) is 2.77. The number of hydrogen-bond donors (Lipinski definition) is 2. The van der Waals surface area contributed by atoms with Crippen LogP contribution in [-0.4, -0.2) is 25.7 Å². The van der Waals surface area contributed by atoms with Crippen molar-refractivity contribution in [1.29, 1.82) is 0 Å². The molecule has 0 fully saturated rings. The highest BCUT2D eigenvalue weighted by molar-refractivity contribution is 6.30. The molecule has 2 N–H and O–H groups in total. The summed E-state index contributed by atoms with van der Waals surface area (Å²) < 4.78 is 1.32. The Labute approximate surface area is 117 Å². The molecule has 2 aromatic rings. The minimum absolute atomic E-state index is 0.0823. The van der Waals surface area contributed by atoms with Gasteiger partial charge in [-0.1, -0.05) is 11.6 Å². The van der Waals surface area contributed by atoms with Crippen LogP contribution in [-0.2, 0) is 11.3 Å². The first kappa shape index (κ1) is 13.8. The Morgan fingerprint density at radius 1 is 1.55 bits per heavy atom. The highest BCUT2D eigenvalue weighted by atomic mass is 35.5. The molecule has 0 aliphatic rings. The number of hydrogen-bond acceptors (Lipinski definition) is 5. The fourth-order valence-electron chi connectivity index (χ4n) is 1.50. The van der Waals surface area contributed by atoms with Crippen molar-refractivity contribution in [2.45, 2.75) is 6.54 Å². The van der Waals surface area contributed by atoms with Gasteiger partial charge in [-0.15, -0.1) is 0 Å². The van der Waals surface area contributed by atoms with E-state index in [0.717, 1.165) is 6.07 Å². The standard InChI is InChI=1S/C11H9ClN4O4/c12-7-4-13-15(5-7)6-11(18)14-9-2-1-8(16(19)20)3-10(9)17/h1-5,17H,6H2,(H,14,18). The third-order valence-corrected chi connectivity index (χ3v) is 2.57. The summed E-state index contributed by atoms with van der Waals surface area (Å²) in [6, 6.07) is 3.39. The lowest BCUT2D eigenvalue weighted by Crippen LogP contribution is -2.19. The van der Waals surface area contributed by atoms with Crippen LogP contribution in [0.2, 0.25) is 5.02 Å². The molecule has 0 radical (unpaired) electrons. The summed E-state index contributed by atoms with van der Waals surface area (Å²) in [5, 5.41) is 26.8. The van der Waals surface area contributed by atoms with E-state index in [1.807, 2.05) is 0 Å². The number of rotatable bonds is 4. The van der Waals surface area contributed by atoms with Gasteiger partial charge < -0.3 is 10.4 Å². The van der Waals surface area contributed by atoms with Crippen LogP contribution >= 0.6 is 11.6 Å². The molecule has 1 heterocycles. The highest BCUT2D eigenvalue weighted by Gasteiger charge is 2.12. The van der Waals surface area contributed by atoms with Crippen LogP contribution in [0.3, 0.4) is 0 Å². The molecule has 0 aliphatic heterocycles. The number of carbonyl (C=O) groups is 1. The van der Waals surface area contributed by atoms with Crippen LogP contribution in [0.5, 0.6) is 5.75 Å².